The van der Waals surface area contributed by atoms with Crippen molar-refractivity contribution in [3.05, 3.63) is 60.3 Å². The minimum absolute atomic E-state index is 0.00207. The number of ketones is 1. The highest BCUT2D eigenvalue weighted by molar-refractivity contribution is 14.1. The number of hydrogen-bond acceptors (Lipinski definition) is 7. The molecule has 0 aromatic carbocycles. The van der Waals surface area contributed by atoms with Gasteiger partial charge in [-0.15, -0.1) is 0 Å². The molecule has 0 heterocycles. The quantitative estimate of drug-likeness (QED) is 0.108. The van der Waals surface area contributed by atoms with Gasteiger partial charge in [0.05, 0.1) is 14.5 Å². The minimum atomic E-state index is -1.90. The summed E-state index contributed by atoms with van der Waals surface area (Å²) in [6, 6.07) is 0. The Balaban J connectivity index is 2.24. The van der Waals surface area contributed by atoms with Crippen molar-refractivity contribution in [1.82, 2.24) is 0 Å². The fraction of sp³-hybridized carbons (Fsp3) is 0.552. The van der Waals surface area contributed by atoms with E-state index >= 15 is 0 Å². The molecule has 1 fully saturated rings. The molecule has 2 radical (unpaired) electrons. The average Bonchev–Trinajstić information content (AvgIpc) is 2.91. The molecule has 0 bridgehead atoms. The molecule has 204 valence electrons. The first-order valence-electron chi connectivity index (χ1n) is 12.6. The van der Waals surface area contributed by atoms with E-state index in [1.165, 1.54) is 19.1 Å². The molecule has 3 aliphatic carbocycles. The van der Waals surface area contributed by atoms with Crippen molar-refractivity contribution < 1.29 is 32.0 Å². The van der Waals surface area contributed by atoms with E-state index in [9.17, 15) is 19.5 Å². The molecule has 0 spiro atoms. The van der Waals surface area contributed by atoms with E-state index in [0.29, 0.717) is 5.57 Å². The molecule has 0 aliphatic heterocycles. The number of rotatable bonds is 7. The van der Waals surface area contributed by atoms with Gasteiger partial charge in [0.15, 0.2) is 11.4 Å². The number of fused-ring (bicyclic) bond motifs is 3. The van der Waals surface area contributed by atoms with Gasteiger partial charge in [0.25, 0.3) is 0 Å². The van der Waals surface area contributed by atoms with Gasteiger partial charge in [-0.25, -0.2) is 4.79 Å². The third-order valence-corrected chi connectivity index (χ3v) is 9.18. The summed E-state index contributed by atoms with van der Waals surface area (Å²) in [6.45, 7) is 14.2. The summed E-state index contributed by atoms with van der Waals surface area (Å²) in [6.07, 6.45) is 10.4. The first kappa shape index (κ1) is 30.6. The van der Waals surface area contributed by atoms with Gasteiger partial charge >= 0.3 is 11.9 Å². The van der Waals surface area contributed by atoms with Crippen molar-refractivity contribution >= 4 is 48.6 Å². The molecule has 1 saturated carbocycles. The van der Waals surface area contributed by atoms with Crippen molar-refractivity contribution in [1.29, 1.82) is 0 Å². The highest BCUT2D eigenvalue weighted by Crippen LogP contribution is 2.68. The lowest BCUT2D eigenvalue weighted by atomic mass is 9.41. The van der Waals surface area contributed by atoms with Gasteiger partial charge in [-0.2, -0.15) is 0 Å². The van der Waals surface area contributed by atoms with Crippen LogP contribution in [0.15, 0.2) is 60.3 Å². The molecule has 3 aliphatic rings. The summed E-state index contributed by atoms with van der Waals surface area (Å²) < 4.78 is 17.4. The molecule has 0 amide bonds. The van der Waals surface area contributed by atoms with Gasteiger partial charge in [-0.3, -0.25) is 9.59 Å². The Morgan fingerprint density at radius 1 is 1.26 bits per heavy atom. The fourth-order valence-corrected chi connectivity index (χ4v) is 7.24. The summed E-state index contributed by atoms with van der Waals surface area (Å²) in [7, 11) is 7.10. The number of carbonyl (C=O) groups excluding carboxylic acids is 3. The Morgan fingerprint density at radius 2 is 1.92 bits per heavy atom. The van der Waals surface area contributed by atoms with Crippen LogP contribution < -0.4 is 0 Å². The van der Waals surface area contributed by atoms with Gasteiger partial charge in [0, 0.05) is 30.8 Å². The van der Waals surface area contributed by atoms with Crippen LogP contribution in [-0.4, -0.2) is 54.6 Å². The van der Waals surface area contributed by atoms with Crippen LogP contribution in [0.3, 0.4) is 0 Å². The van der Waals surface area contributed by atoms with Crippen molar-refractivity contribution in [2.75, 3.05) is 6.61 Å². The molecular formula is C29H36BIO7. The summed E-state index contributed by atoms with van der Waals surface area (Å²) in [4.78, 5) is 38.7. The molecule has 38 heavy (non-hydrogen) atoms. The summed E-state index contributed by atoms with van der Waals surface area (Å²) >= 11 is 1.78. The topological polar surface area (TPSA) is 99.1 Å². The standard InChI is InChI=1S/C29H36BIO7/c1-8-9-10-11-12-22(33)37-25-18(3)23-21(26(5,6)27(25,7)38-19(4)32)13-20(16-36-31)15-29(35)24(34)17(2)14-28(23,29)30/h8-14,18,21,23,25,35H,1,15-16H2,2-7H3/b10-9+,12-11+/t18-,21?,23?,25?,27+,28+,29?/m0/s1. The first-order valence-corrected chi connectivity index (χ1v) is 13.5. The number of ether oxygens (including phenoxy) is 2. The Kier molecular flexibility index (Phi) is 8.76. The maximum atomic E-state index is 13.4. The lowest BCUT2D eigenvalue weighted by Crippen LogP contribution is -2.68. The molecule has 0 saturated heterocycles. The summed E-state index contributed by atoms with van der Waals surface area (Å²) in [5.74, 6) is -3.03. The lowest BCUT2D eigenvalue weighted by Gasteiger charge is -2.62. The SMILES string of the molecule is [B][C@@]12C=C(C)C(=O)C1(O)CC(COI)=CC1C2[C@H](C)C(OC(=O)/C=C/C=C/C=C)[C@@](C)(OC(C)=O)C1(C)C. The van der Waals surface area contributed by atoms with Crippen LogP contribution in [0.4, 0.5) is 0 Å². The lowest BCUT2D eigenvalue weighted by molar-refractivity contribution is -0.245. The van der Waals surface area contributed by atoms with Gasteiger partial charge in [0.2, 0.25) is 0 Å². The number of allylic oxidation sites excluding steroid dienone is 5. The zero-order valence-electron chi connectivity index (χ0n) is 22.8. The van der Waals surface area contributed by atoms with E-state index in [2.05, 4.69) is 6.58 Å². The zero-order chi connectivity index (χ0) is 28.7. The minimum Gasteiger partial charge on any atom is -0.455 e. The maximum Gasteiger partial charge on any atom is 0.331 e. The first-order chi connectivity index (χ1) is 17.6. The highest BCUT2D eigenvalue weighted by atomic mass is 127. The van der Waals surface area contributed by atoms with Crippen LogP contribution in [0.25, 0.3) is 0 Å². The molecular weight excluding hydrogens is 598 g/mol. The van der Waals surface area contributed by atoms with Gasteiger partial charge in [-0.1, -0.05) is 63.8 Å². The molecule has 0 aromatic heterocycles. The third-order valence-electron chi connectivity index (χ3n) is 8.87. The van der Waals surface area contributed by atoms with Gasteiger partial charge in [0.1, 0.15) is 34.7 Å². The van der Waals surface area contributed by atoms with Crippen molar-refractivity contribution in [3.63, 3.8) is 0 Å². The summed E-state index contributed by atoms with van der Waals surface area (Å²) in [5.41, 5.74) is -2.92. The van der Waals surface area contributed by atoms with E-state index in [1.807, 2.05) is 26.8 Å². The largest absolute Gasteiger partial charge is 0.455 e. The van der Waals surface area contributed by atoms with Crippen molar-refractivity contribution in [2.24, 2.45) is 23.2 Å². The van der Waals surface area contributed by atoms with E-state index in [4.69, 9.17) is 20.4 Å². The van der Waals surface area contributed by atoms with Crippen LogP contribution in [0, 0.1) is 23.2 Å². The van der Waals surface area contributed by atoms with Crippen LogP contribution in [0.5, 0.6) is 0 Å². The number of Topliss-reactive ketones (excluding diaryl/α,β-unsaturated/α-hetero) is 1. The molecule has 7 atom stereocenters. The van der Waals surface area contributed by atoms with E-state index in [0.717, 1.165) is 5.57 Å². The Labute approximate surface area is 240 Å². The van der Waals surface area contributed by atoms with Crippen LogP contribution in [0.1, 0.15) is 48.0 Å². The van der Waals surface area contributed by atoms with Crippen molar-refractivity contribution in [2.45, 2.75) is 70.6 Å². The predicted octanol–water partition coefficient (Wildman–Crippen LogP) is 4.71. The molecule has 1 N–H and O–H groups in total. The van der Waals surface area contributed by atoms with Crippen LogP contribution in [0.2, 0.25) is 5.31 Å². The van der Waals surface area contributed by atoms with E-state index < -0.39 is 57.6 Å². The third kappa shape index (κ3) is 4.79. The van der Waals surface area contributed by atoms with Crippen LogP contribution in [-0.2, 0) is 26.9 Å². The highest BCUT2D eigenvalue weighted by Gasteiger charge is 2.71. The monoisotopic (exact) mass is 634 g/mol. The Morgan fingerprint density at radius 3 is 2.50 bits per heavy atom. The van der Waals surface area contributed by atoms with Gasteiger partial charge < -0.3 is 17.6 Å². The predicted molar refractivity (Wildman–Crippen MR) is 153 cm³/mol. The molecule has 9 heteroatoms. The van der Waals surface area contributed by atoms with Crippen molar-refractivity contribution in [3.8, 4) is 0 Å². The maximum absolute atomic E-state index is 13.4. The Bertz CT molecular complexity index is 1140. The number of esters is 2. The van der Waals surface area contributed by atoms with Gasteiger partial charge in [-0.05, 0) is 42.1 Å². The van der Waals surface area contributed by atoms with E-state index in [-0.39, 0.29) is 18.9 Å². The molecule has 3 rings (SSSR count). The smallest absolute Gasteiger partial charge is 0.331 e. The number of aliphatic hydroxyl groups is 1. The van der Waals surface area contributed by atoms with E-state index in [1.54, 1.807) is 61.2 Å². The number of halogens is 1. The number of carbonyl (C=O) groups is 3. The molecule has 7 nitrogen and oxygen atoms in total. The second-order valence-corrected chi connectivity index (χ2v) is 12.0. The molecule has 4 unspecified atom stereocenters. The fourth-order valence-electron chi connectivity index (χ4n) is 6.84. The average molecular weight is 634 g/mol. The summed E-state index contributed by atoms with van der Waals surface area (Å²) in [5, 5.41) is 10.5. The zero-order valence-corrected chi connectivity index (χ0v) is 25.0. The normalized spacial score (nSPS) is 38.2. The number of hydrogen-bond donors (Lipinski definition) is 1. The Hall–Kier alpha value is -1.98. The van der Waals surface area contributed by atoms with Crippen LogP contribution >= 0.6 is 23.0 Å². The molecule has 0 aromatic rings. The second kappa shape index (κ2) is 10.9. The second-order valence-electron chi connectivity index (χ2n) is 11.4.